The molecule has 0 saturated heterocycles. The lowest BCUT2D eigenvalue weighted by Crippen LogP contribution is -2.28. The molecule has 0 aromatic heterocycles. The Morgan fingerprint density at radius 2 is 2.11 bits per heavy atom. The maximum absolute atomic E-state index is 14.1. The van der Waals surface area contributed by atoms with Gasteiger partial charge < -0.3 is 5.32 Å². The van der Waals surface area contributed by atoms with Gasteiger partial charge in [-0.3, -0.25) is 0 Å². The first-order chi connectivity index (χ1) is 9.15. The smallest absolute Gasteiger partial charge is 0.128 e. The SMILES string of the molecule is CCNC(c1cc(C)ccc1F)C1CCC(CC)C1. The Morgan fingerprint density at radius 1 is 1.32 bits per heavy atom. The molecule has 3 unspecified atom stereocenters. The second-order valence-electron chi connectivity index (χ2n) is 5.91. The first kappa shape index (κ1) is 14.5. The standard InChI is InChI=1S/C17H26FN/c1-4-13-7-8-14(11-13)17(19-5-2)15-10-12(3)6-9-16(15)18/h6,9-10,13-14,17,19H,4-5,7-8,11H2,1-3H3. The number of aryl methyl sites for hydroxylation is 1. The average molecular weight is 263 g/mol. The summed E-state index contributed by atoms with van der Waals surface area (Å²) in [4.78, 5) is 0. The van der Waals surface area contributed by atoms with Gasteiger partial charge in [0.25, 0.3) is 0 Å². The predicted molar refractivity (Wildman–Crippen MR) is 78.7 cm³/mol. The van der Waals surface area contributed by atoms with Crippen molar-refractivity contribution in [3.05, 3.63) is 35.1 Å². The molecule has 1 nitrogen and oxygen atoms in total. The van der Waals surface area contributed by atoms with Crippen LogP contribution in [0.15, 0.2) is 18.2 Å². The molecule has 1 aromatic carbocycles. The summed E-state index contributed by atoms with van der Waals surface area (Å²) in [6.07, 6.45) is 5.02. The molecule has 1 aromatic rings. The van der Waals surface area contributed by atoms with E-state index in [1.54, 1.807) is 6.07 Å². The van der Waals surface area contributed by atoms with Crippen LogP contribution in [0.3, 0.4) is 0 Å². The van der Waals surface area contributed by atoms with Crippen molar-refractivity contribution in [1.29, 1.82) is 0 Å². The number of rotatable bonds is 5. The predicted octanol–water partition coefficient (Wildman–Crippen LogP) is 4.61. The van der Waals surface area contributed by atoms with Gasteiger partial charge in [-0.1, -0.05) is 44.4 Å². The lowest BCUT2D eigenvalue weighted by molar-refractivity contribution is 0.349. The molecule has 1 aliphatic rings. The van der Waals surface area contributed by atoms with Crippen LogP contribution in [0.2, 0.25) is 0 Å². The minimum absolute atomic E-state index is 0.0588. The Labute approximate surface area is 116 Å². The summed E-state index contributed by atoms with van der Waals surface area (Å²) >= 11 is 0. The van der Waals surface area contributed by atoms with Gasteiger partial charge in [-0.2, -0.15) is 0 Å². The number of nitrogens with one attached hydrogen (secondary N) is 1. The summed E-state index contributed by atoms with van der Waals surface area (Å²) in [6, 6.07) is 5.66. The largest absolute Gasteiger partial charge is 0.310 e. The van der Waals surface area contributed by atoms with Gasteiger partial charge in [0.15, 0.2) is 0 Å². The minimum atomic E-state index is -0.0588. The second-order valence-corrected chi connectivity index (χ2v) is 5.91. The Hall–Kier alpha value is -0.890. The molecule has 0 spiro atoms. The van der Waals surface area contributed by atoms with Crippen LogP contribution in [0.1, 0.15) is 56.7 Å². The third-order valence-electron chi connectivity index (χ3n) is 4.54. The van der Waals surface area contributed by atoms with Crippen molar-refractivity contribution in [1.82, 2.24) is 5.32 Å². The quantitative estimate of drug-likeness (QED) is 0.818. The molecule has 19 heavy (non-hydrogen) atoms. The summed E-state index contributed by atoms with van der Waals surface area (Å²) in [7, 11) is 0. The van der Waals surface area contributed by atoms with Crippen molar-refractivity contribution in [2.45, 2.75) is 52.5 Å². The molecular weight excluding hydrogens is 237 g/mol. The highest BCUT2D eigenvalue weighted by Crippen LogP contribution is 2.41. The van der Waals surface area contributed by atoms with Crippen LogP contribution >= 0.6 is 0 Å². The normalized spacial score (nSPS) is 24.6. The molecule has 0 aliphatic heterocycles. The van der Waals surface area contributed by atoms with E-state index in [0.717, 1.165) is 23.6 Å². The number of halogens is 1. The fourth-order valence-electron chi connectivity index (χ4n) is 3.44. The minimum Gasteiger partial charge on any atom is -0.310 e. The summed E-state index contributed by atoms with van der Waals surface area (Å²) in [5.74, 6) is 1.36. The number of benzene rings is 1. The van der Waals surface area contributed by atoms with Gasteiger partial charge in [-0.15, -0.1) is 0 Å². The molecule has 3 atom stereocenters. The highest BCUT2D eigenvalue weighted by Gasteiger charge is 2.31. The van der Waals surface area contributed by atoms with Crippen molar-refractivity contribution >= 4 is 0 Å². The molecule has 0 bridgehead atoms. The lowest BCUT2D eigenvalue weighted by atomic mass is 9.89. The van der Waals surface area contributed by atoms with Crippen LogP contribution in [-0.2, 0) is 0 Å². The Kier molecular flexibility index (Phi) is 4.98. The number of hydrogen-bond acceptors (Lipinski definition) is 1. The van der Waals surface area contributed by atoms with Crippen molar-refractivity contribution < 1.29 is 4.39 Å². The summed E-state index contributed by atoms with van der Waals surface area (Å²) in [5, 5.41) is 3.51. The van der Waals surface area contributed by atoms with E-state index in [2.05, 4.69) is 19.2 Å². The van der Waals surface area contributed by atoms with Crippen LogP contribution in [0, 0.1) is 24.6 Å². The summed E-state index contributed by atoms with van der Waals surface area (Å²) in [6.45, 7) is 7.30. The van der Waals surface area contributed by atoms with Gasteiger partial charge in [0.05, 0.1) is 0 Å². The van der Waals surface area contributed by atoms with E-state index in [-0.39, 0.29) is 11.9 Å². The second kappa shape index (κ2) is 6.51. The van der Waals surface area contributed by atoms with E-state index in [4.69, 9.17) is 0 Å². The van der Waals surface area contributed by atoms with E-state index >= 15 is 0 Å². The highest BCUT2D eigenvalue weighted by molar-refractivity contribution is 5.27. The molecule has 1 N–H and O–H groups in total. The zero-order valence-corrected chi connectivity index (χ0v) is 12.4. The van der Waals surface area contributed by atoms with E-state index in [9.17, 15) is 4.39 Å². The molecular formula is C17H26FN. The third-order valence-corrected chi connectivity index (χ3v) is 4.54. The number of hydrogen-bond donors (Lipinski definition) is 1. The maximum Gasteiger partial charge on any atom is 0.128 e. The molecule has 0 heterocycles. The van der Waals surface area contributed by atoms with Crippen LogP contribution in [0.5, 0.6) is 0 Å². The molecule has 0 amide bonds. The van der Waals surface area contributed by atoms with Crippen LogP contribution in [-0.4, -0.2) is 6.54 Å². The van der Waals surface area contributed by atoms with Crippen molar-refractivity contribution in [3.8, 4) is 0 Å². The summed E-state index contributed by atoms with van der Waals surface area (Å²) in [5.41, 5.74) is 2.01. The average Bonchev–Trinajstić information content (AvgIpc) is 2.88. The van der Waals surface area contributed by atoms with Gasteiger partial charge in [-0.25, -0.2) is 4.39 Å². The van der Waals surface area contributed by atoms with Gasteiger partial charge >= 0.3 is 0 Å². The molecule has 0 radical (unpaired) electrons. The van der Waals surface area contributed by atoms with Crippen LogP contribution in [0.4, 0.5) is 4.39 Å². The molecule has 1 saturated carbocycles. The molecule has 2 heteroatoms. The fraction of sp³-hybridized carbons (Fsp3) is 0.647. The third kappa shape index (κ3) is 3.36. The first-order valence-corrected chi connectivity index (χ1v) is 7.65. The highest BCUT2D eigenvalue weighted by atomic mass is 19.1. The Morgan fingerprint density at radius 3 is 2.74 bits per heavy atom. The van der Waals surface area contributed by atoms with Gasteiger partial charge in [0.2, 0.25) is 0 Å². The topological polar surface area (TPSA) is 12.0 Å². The summed E-state index contributed by atoms with van der Waals surface area (Å²) < 4.78 is 14.1. The first-order valence-electron chi connectivity index (χ1n) is 7.65. The monoisotopic (exact) mass is 263 g/mol. The molecule has 2 rings (SSSR count). The van der Waals surface area contributed by atoms with Gasteiger partial charge in [0.1, 0.15) is 5.82 Å². The zero-order valence-electron chi connectivity index (χ0n) is 12.4. The lowest BCUT2D eigenvalue weighted by Gasteiger charge is -2.26. The van der Waals surface area contributed by atoms with E-state index in [1.165, 1.54) is 25.7 Å². The fourth-order valence-corrected chi connectivity index (χ4v) is 3.44. The Bertz CT molecular complexity index is 416. The Balaban J connectivity index is 2.22. The van der Waals surface area contributed by atoms with E-state index in [1.807, 2.05) is 19.1 Å². The van der Waals surface area contributed by atoms with Crippen LogP contribution in [0.25, 0.3) is 0 Å². The van der Waals surface area contributed by atoms with E-state index in [0.29, 0.717) is 5.92 Å². The van der Waals surface area contributed by atoms with Gasteiger partial charge in [0, 0.05) is 11.6 Å². The van der Waals surface area contributed by atoms with Crippen molar-refractivity contribution in [2.24, 2.45) is 11.8 Å². The molecule has 1 aliphatic carbocycles. The van der Waals surface area contributed by atoms with Crippen molar-refractivity contribution in [2.75, 3.05) is 6.54 Å². The maximum atomic E-state index is 14.1. The van der Waals surface area contributed by atoms with Gasteiger partial charge in [-0.05, 0) is 44.2 Å². The molecule has 106 valence electrons. The van der Waals surface area contributed by atoms with Crippen molar-refractivity contribution in [3.63, 3.8) is 0 Å². The van der Waals surface area contributed by atoms with Crippen LogP contribution < -0.4 is 5.32 Å². The zero-order chi connectivity index (χ0) is 13.8. The molecule has 1 fully saturated rings. The van der Waals surface area contributed by atoms with E-state index < -0.39 is 0 Å².